The van der Waals surface area contributed by atoms with Crippen LogP contribution in [0.15, 0.2) is 24.3 Å². The molecular weight excluding hydrogens is 316 g/mol. The van der Waals surface area contributed by atoms with Crippen molar-refractivity contribution in [1.29, 1.82) is 0 Å². The molecule has 5 heteroatoms. The van der Waals surface area contributed by atoms with Crippen LogP contribution in [0, 0.1) is 0 Å². The molecule has 3 fully saturated rings. The second-order valence-electron chi connectivity index (χ2n) is 7.66. The molecule has 3 aliphatic heterocycles. The average Bonchev–Trinajstić information content (AvgIpc) is 3.06. The summed E-state index contributed by atoms with van der Waals surface area (Å²) >= 11 is 0. The fourth-order valence-corrected chi connectivity index (χ4v) is 4.44. The van der Waals surface area contributed by atoms with E-state index in [9.17, 15) is 9.90 Å². The fraction of sp³-hybridized carbons (Fsp3) is 0.650. The Hall–Kier alpha value is -1.43. The minimum atomic E-state index is -0.305. The first-order valence-corrected chi connectivity index (χ1v) is 9.60. The minimum absolute atomic E-state index is 0.236. The first-order valence-electron chi connectivity index (χ1n) is 9.60. The number of piperidine rings is 1. The number of carbonyl (C=O) groups excluding carboxylic acids is 1. The van der Waals surface area contributed by atoms with Gasteiger partial charge < -0.3 is 14.7 Å². The van der Waals surface area contributed by atoms with Crippen LogP contribution in [-0.4, -0.2) is 53.9 Å². The summed E-state index contributed by atoms with van der Waals surface area (Å²) in [6.07, 6.45) is 4.99. The molecular formula is C20H28N2O3. The third kappa shape index (κ3) is 3.46. The zero-order valence-corrected chi connectivity index (χ0v) is 14.8. The predicted molar refractivity (Wildman–Crippen MR) is 96.5 cm³/mol. The normalized spacial score (nSPS) is 27.2. The van der Waals surface area contributed by atoms with Gasteiger partial charge >= 0.3 is 0 Å². The van der Waals surface area contributed by atoms with Gasteiger partial charge in [-0.1, -0.05) is 12.1 Å². The Morgan fingerprint density at radius 3 is 2.52 bits per heavy atom. The number of nitrogens with zero attached hydrogens (tertiary/aromatic N) is 2. The van der Waals surface area contributed by atoms with E-state index in [1.807, 2.05) is 4.90 Å². The first kappa shape index (κ1) is 17.0. The van der Waals surface area contributed by atoms with Crippen molar-refractivity contribution in [2.75, 3.05) is 31.1 Å². The fourth-order valence-electron chi connectivity index (χ4n) is 4.44. The third-order valence-corrected chi connectivity index (χ3v) is 6.05. The van der Waals surface area contributed by atoms with E-state index in [-0.39, 0.29) is 17.6 Å². The van der Waals surface area contributed by atoms with Crippen molar-refractivity contribution in [3.05, 3.63) is 29.8 Å². The number of hydrogen-bond acceptors (Lipinski definition) is 4. The molecule has 0 radical (unpaired) electrons. The van der Waals surface area contributed by atoms with Crippen LogP contribution in [0.2, 0.25) is 0 Å². The molecule has 1 aromatic rings. The summed E-state index contributed by atoms with van der Waals surface area (Å²) in [5, 5.41) is 10.3. The number of hydrogen-bond donors (Lipinski definition) is 1. The molecule has 25 heavy (non-hydrogen) atoms. The summed E-state index contributed by atoms with van der Waals surface area (Å²) in [7, 11) is 0. The van der Waals surface area contributed by atoms with Crippen molar-refractivity contribution in [2.24, 2.45) is 0 Å². The Bertz CT molecular complexity index is 608. The van der Waals surface area contributed by atoms with E-state index in [4.69, 9.17) is 4.74 Å². The predicted octanol–water partition coefficient (Wildman–Crippen LogP) is 2.32. The number of aliphatic hydroxyl groups is 1. The van der Waals surface area contributed by atoms with Gasteiger partial charge in [0.2, 0.25) is 5.91 Å². The molecule has 1 spiro atoms. The lowest BCUT2D eigenvalue weighted by Crippen LogP contribution is -2.55. The van der Waals surface area contributed by atoms with Gasteiger partial charge in [0.25, 0.3) is 0 Å². The number of benzene rings is 1. The summed E-state index contributed by atoms with van der Waals surface area (Å²) in [5.41, 5.74) is 1.99. The quantitative estimate of drug-likeness (QED) is 0.914. The molecule has 5 nitrogen and oxygen atoms in total. The molecule has 0 saturated carbocycles. The highest BCUT2D eigenvalue weighted by Crippen LogP contribution is 2.35. The highest BCUT2D eigenvalue weighted by molar-refractivity contribution is 5.95. The highest BCUT2D eigenvalue weighted by Gasteiger charge is 2.43. The molecule has 3 aliphatic rings. The molecule has 136 valence electrons. The van der Waals surface area contributed by atoms with Crippen LogP contribution in [0.4, 0.5) is 5.69 Å². The van der Waals surface area contributed by atoms with Crippen molar-refractivity contribution >= 4 is 11.6 Å². The van der Waals surface area contributed by atoms with E-state index in [2.05, 4.69) is 29.2 Å². The van der Waals surface area contributed by atoms with Crippen molar-refractivity contribution in [2.45, 2.75) is 56.8 Å². The summed E-state index contributed by atoms with van der Waals surface area (Å²) < 4.78 is 5.99. The van der Waals surface area contributed by atoms with Gasteiger partial charge in [-0.3, -0.25) is 9.69 Å². The largest absolute Gasteiger partial charge is 0.390 e. The van der Waals surface area contributed by atoms with Crippen LogP contribution in [-0.2, 0) is 16.1 Å². The van der Waals surface area contributed by atoms with Gasteiger partial charge in [0, 0.05) is 44.9 Å². The lowest BCUT2D eigenvalue weighted by Gasteiger charge is -2.46. The van der Waals surface area contributed by atoms with E-state index < -0.39 is 0 Å². The first-order chi connectivity index (χ1) is 12.2. The van der Waals surface area contributed by atoms with E-state index in [0.29, 0.717) is 6.42 Å². The van der Waals surface area contributed by atoms with E-state index in [1.54, 1.807) is 0 Å². The number of rotatable bonds is 3. The van der Waals surface area contributed by atoms with Crippen molar-refractivity contribution < 1.29 is 14.6 Å². The second-order valence-corrected chi connectivity index (χ2v) is 7.66. The SMILES string of the molecule is O=C1CCCN1c1ccc(CN2CCC3(CC2)OCCCC3O)cc1. The van der Waals surface area contributed by atoms with Crippen LogP contribution in [0.5, 0.6) is 0 Å². The molecule has 0 bridgehead atoms. The molecule has 1 atom stereocenters. The van der Waals surface area contributed by atoms with Gasteiger partial charge in [0.05, 0.1) is 11.7 Å². The molecule has 0 aliphatic carbocycles. The molecule has 1 N–H and O–H groups in total. The number of likely N-dealkylation sites (tertiary alicyclic amines) is 1. The molecule has 3 saturated heterocycles. The number of carbonyl (C=O) groups is 1. The Balaban J connectivity index is 1.33. The van der Waals surface area contributed by atoms with Gasteiger partial charge in [-0.15, -0.1) is 0 Å². The van der Waals surface area contributed by atoms with Crippen LogP contribution in [0.3, 0.4) is 0 Å². The zero-order chi connectivity index (χ0) is 17.3. The van der Waals surface area contributed by atoms with Crippen molar-refractivity contribution in [3.8, 4) is 0 Å². The Morgan fingerprint density at radius 1 is 1.12 bits per heavy atom. The standard InChI is InChI=1S/C20H28N2O3/c23-18-3-2-14-25-20(18)9-12-21(13-10-20)15-16-5-7-17(8-6-16)22-11-1-4-19(22)24/h5-8,18,23H,1-4,9-15H2. The van der Waals surface area contributed by atoms with Crippen LogP contribution in [0.1, 0.15) is 44.1 Å². The van der Waals surface area contributed by atoms with E-state index in [0.717, 1.165) is 70.6 Å². The Morgan fingerprint density at radius 2 is 1.88 bits per heavy atom. The lowest BCUT2D eigenvalue weighted by molar-refractivity contribution is -0.177. The molecule has 0 aromatic heterocycles. The van der Waals surface area contributed by atoms with Crippen LogP contribution in [0.25, 0.3) is 0 Å². The van der Waals surface area contributed by atoms with E-state index >= 15 is 0 Å². The number of aliphatic hydroxyl groups excluding tert-OH is 1. The minimum Gasteiger partial charge on any atom is -0.390 e. The number of anilines is 1. The van der Waals surface area contributed by atoms with Gasteiger partial charge in [-0.2, -0.15) is 0 Å². The topological polar surface area (TPSA) is 53.0 Å². The maximum atomic E-state index is 11.8. The summed E-state index contributed by atoms with van der Waals surface area (Å²) in [6, 6.07) is 8.41. The van der Waals surface area contributed by atoms with E-state index in [1.165, 1.54) is 5.56 Å². The molecule has 1 amide bonds. The van der Waals surface area contributed by atoms with Crippen LogP contribution < -0.4 is 4.90 Å². The maximum Gasteiger partial charge on any atom is 0.227 e. The monoisotopic (exact) mass is 344 g/mol. The van der Waals surface area contributed by atoms with Gasteiger partial charge in [-0.25, -0.2) is 0 Å². The van der Waals surface area contributed by atoms with Crippen molar-refractivity contribution in [3.63, 3.8) is 0 Å². The lowest BCUT2D eigenvalue weighted by atomic mass is 9.82. The second kappa shape index (κ2) is 7.06. The summed E-state index contributed by atoms with van der Waals surface area (Å²) in [5.74, 6) is 0.236. The number of ether oxygens (including phenoxy) is 1. The third-order valence-electron chi connectivity index (χ3n) is 6.05. The van der Waals surface area contributed by atoms with Gasteiger partial charge in [-0.05, 0) is 49.8 Å². The van der Waals surface area contributed by atoms with Crippen molar-refractivity contribution in [1.82, 2.24) is 4.90 Å². The number of amides is 1. The molecule has 4 rings (SSSR count). The summed E-state index contributed by atoms with van der Waals surface area (Å²) in [4.78, 5) is 16.2. The summed E-state index contributed by atoms with van der Waals surface area (Å²) in [6.45, 7) is 4.47. The zero-order valence-electron chi connectivity index (χ0n) is 14.8. The Kier molecular flexibility index (Phi) is 4.80. The Labute approximate surface area is 149 Å². The van der Waals surface area contributed by atoms with Gasteiger partial charge in [0.15, 0.2) is 0 Å². The maximum absolute atomic E-state index is 11.8. The average molecular weight is 344 g/mol. The highest BCUT2D eigenvalue weighted by atomic mass is 16.5. The van der Waals surface area contributed by atoms with Crippen LogP contribution >= 0.6 is 0 Å². The molecule has 1 unspecified atom stereocenters. The smallest absolute Gasteiger partial charge is 0.227 e. The molecule has 1 aromatic carbocycles. The molecule has 3 heterocycles. The van der Waals surface area contributed by atoms with Gasteiger partial charge in [0.1, 0.15) is 0 Å².